The number of hydrogen-bond donors (Lipinski definition) is 0. The second-order valence-corrected chi connectivity index (χ2v) is 9.12. The third-order valence-corrected chi connectivity index (χ3v) is 5.10. The van der Waals surface area contributed by atoms with Crippen LogP contribution in [-0.2, 0) is 20.7 Å². The fourth-order valence-corrected chi connectivity index (χ4v) is 3.68. The molecule has 4 heteroatoms. The first kappa shape index (κ1) is 18.7. The smallest absolute Gasteiger partial charge is 0.266 e. The third kappa shape index (κ3) is 5.18. The van der Waals surface area contributed by atoms with Crippen molar-refractivity contribution in [3.8, 4) is 0 Å². The quantitative estimate of drug-likeness (QED) is 0.740. The van der Waals surface area contributed by atoms with E-state index in [0.29, 0.717) is 12.0 Å². The van der Waals surface area contributed by atoms with Gasteiger partial charge < -0.3 is 0 Å². The zero-order valence-electron chi connectivity index (χ0n) is 15.1. The second-order valence-electron chi connectivity index (χ2n) is 7.54. The van der Waals surface area contributed by atoms with Crippen molar-refractivity contribution >= 4 is 10.1 Å². The van der Waals surface area contributed by atoms with Crippen molar-refractivity contribution in [1.82, 2.24) is 0 Å². The van der Waals surface area contributed by atoms with Gasteiger partial charge in [0.25, 0.3) is 10.1 Å². The molecule has 0 N–H and O–H groups in total. The molecule has 0 saturated heterocycles. The third-order valence-electron chi connectivity index (χ3n) is 3.70. The summed E-state index contributed by atoms with van der Waals surface area (Å²) < 4.78 is 30.3. The normalized spacial score (nSPS) is 12.4. The lowest BCUT2D eigenvalue weighted by molar-refractivity contribution is 0.203. The first-order valence-corrected chi connectivity index (χ1v) is 9.52. The highest BCUT2D eigenvalue weighted by atomic mass is 32.2. The minimum absolute atomic E-state index is 0.164. The summed E-state index contributed by atoms with van der Waals surface area (Å²) in [6.45, 7) is 9.85. The SMILES string of the molecule is Cc1ccc(Cc2ccc(C)c(S(=O)(=O)OCC(C)(C)C)c2)cc1. The van der Waals surface area contributed by atoms with E-state index in [0.717, 1.165) is 11.1 Å². The molecule has 2 aromatic rings. The molecule has 130 valence electrons. The average Bonchev–Trinajstić information content (AvgIpc) is 2.49. The Morgan fingerprint density at radius 1 is 0.917 bits per heavy atom. The van der Waals surface area contributed by atoms with Gasteiger partial charge in [-0.2, -0.15) is 8.42 Å². The minimum Gasteiger partial charge on any atom is -0.266 e. The Bertz CT molecular complexity index is 798. The van der Waals surface area contributed by atoms with Gasteiger partial charge in [-0.25, -0.2) is 0 Å². The first-order valence-electron chi connectivity index (χ1n) is 8.11. The Hall–Kier alpha value is -1.65. The highest BCUT2D eigenvalue weighted by Gasteiger charge is 2.22. The van der Waals surface area contributed by atoms with Gasteiger partial charge in [0.1, 0.15) is 0 Å². The fourth-order valence-electron chi connectivity index (χ4n) is 2.28. The van der Waals surface area contributed by atoms with Crippen LogP contribution in [0, 0.1) is 19.3 Å². The van der Waals surface area contributed by atoms with E-state index in [9.17, 15) is 8.42 Å². The lowest BCUT2D eigenvalue weighted by atomic mass is 9.99. The Balaban J connectivity index is 2.26. The number of aryl methyl sites for hydroxylation is 2. The van der Waals surface area contributed by atoms with Crippen LogP contribution in [0.2, 0.25) is 0 Å². The van der Waals surface area contributed by atoms with E-state index in [1.54, 1.807) is 13.0 Å². The standard InChI is InChI=1S/C20H26O3S/c1-15-6-9-17(10-7-15)12-18-11-8-16(2)19(13-18)24(21,22)23-14-20(3,4)5/h6-11,13H,12,14H2,1-5H3. The van der Waals surface area contributed by atoms with Crippen LogP contribution in [0.3, 0.4) is 0 Å². The maximum atomic E-state index is 12.5. The van der Waals surface area contributed by atoms with Crippen LogP contribution >= 0.6 is 0 Å². The van der Waals surface area contributed by atoms with Gasteiger partial charge in [0, 0.05) is 0 Å². The Morgan fingerprint density at radius 3 is 2.08 bits per heavy atom. The van der Waals surface area contributed by atoms with Gasteiger partial charge in [-0.3, -0.25) is 4.18 Å². The summed E-state index contributed by atoms with van der Waals surface area (Å²) in [5, 5.41) is 0. The van der Waals surface area contributed by atoms with E-state index in [1.165, 1.54) is 5.56 Å². The fraction of sp³-hybridized carbons (Fsp3) is 0.400. The molecule has 2 rings (SSSR count). The maximum absolute atomic E-state index is 12.5. The van der Waals surface area contributed by atoms with E-state index >= 15 is 0 Å². The lowest BCUT2D eigenvalue weighted by Gasteiger charge is -2.18. The molecule has 0 heterocycles. The minimum atomic E-state index is -3.75. The van der Waals surface area contributed by atoms with E-state index in [1.807, 2.05) is 39.8 Å². The molecule has 0 spiro atoms. The lowest BCUT2D eigenvalue weighted by Crippen LogP contribution is -2.19. The van der Waals surface area contributed by atoms with E-state index in [2.05, 4.69) is 24.3 Å². The van der Waals surface area contributed by atoms with Crippen LogP contribution < -0.4 is 0 Å². The van der Waals surface area contributed by atoms with Crippen molar-refractivity contribution in [1.29, 1.82) is 0 Å². The summed E-state index contributed by atoms with van der Waals surface area (Å²) in [5.74, 6) is 0. The zero-order valence-corrected chi connectivity index (χ0v) is 15.9. The van der Waals surface area contributed by atoms with Gasteiger partial charge >= 0.3 is 0 Å². The molecule has 0 atom stereocenters. The molecule has 0 bridgehead atoms. The van der Waals surface area contributed by atoms with Gasteiger partial charge in [0.05, 0.1) is 11.5 Å². The van der Waals surface area contributed by atoms with Crippen LogP contribution in [0.4, 0.5) is 0 Å². The molecule has 0 saturated carbocycles. The molecule has 0 aliphatic heterocycles. The Kier molecular flexibility index (Phi) is 5.51. The predicted molar refractivity (Wildman–Crippen MR) is 97.8 cm³/mol. The van der Waals surface area contributed by atoms with Gasteiger partial charge in [-0.1, -0.05) is 62.7 Å². The molecule has 0 radical (unpaired) electrons. The summed E-state index contributed by atoms with van der Waals surface area (Å²) in [4.78, 5) is 0.261. The van der Waals surface area contributed by atoms with Gasteiger partial charge in [-0.05, 0) is 48.4 Å². The Labute approximate surface area is 145 Å². The van der Waals surface area contributed by atoms with Crippen molar-refractivity contribution in [3.05, 3.63) is 64.7 Å². The van der Waals surface area contributed by atoms with Crippen molar-refractivity contribution in [2.24, 2.45) is 5.41 Å². The van der Waals surface area contributed by atoms with Crippen LogP contribution in [0.5, 0.6) is 0 Å². The summed E-state index contributed by atoms with van der Waals surface area (Å²) >= 11 is 0. The van der Waals surface area contributed by atoms with Crippen molar-refractivity contribution in [2.75, 3.05) is 6.61 Å². The van der Waals surface area contributed by atoms with Crippen molar-refractivity contribution < 1.29 is 12.6 Å². The van der Waals surface area contributed by atoms with Gasteiger partial charge in [-0.15, -0.1) is 0 Å². The maximum Gasteiger partial charge on any atom is 0.297 e. The summed E-state index contributed by atoms with van der Waals surface area (Å²) in [7, 11) is -3.75. The van der Waals surface area contributed by atoms with E-state index in [-0.39, 0.29) is 16.9 Å². The molecule has 3 nitrogen and oxygen atoms in total. The topological polar surface area (TPSA) is 43.4 Å². The molecule has 24 heavy (non-hydrogen) atoms. The molecule has 0 aromatic heterocycles. The van der Waals surface area contributed by atoms with E-state index in [4.69, 9.17) is 4.18 Å². The molecular formula is C20H26O3S. The van der Waals surface area contributed by atoms with Crippen LogP contribution in [-0.4, -0.2) is 15.0 Å². The highest BCUT2D eigenvalue weighted by Crippen LogP contribution is 2.23. The monoisotopic (exact) mass is 346 g/mol. The number of benzene rings is 2. The molecule has 0 fully saturated rings. The average molecular weight is 346 g/mol. The van der Waals surface area contributed by atoms with Crippen molar-refractivity contribution in [2.45, 2.75) is 45.9 Å². The summed E-state index contributed by atoms with van der Waals surface area (Å²) in [5.41, 5.74) is 3.82. The van der Waals surface area contributed by atoms with Gasteiger partial charge in [0.15, 0.2) is 0 Å². The van der Waals surface area contributed by atoms with Crippen LogP contribution in [0.15, 0.2) is 47.4 Å². The molecule has 0 unspecified atom stereocenters. The van der Waals surface area contributed by atoms with Crippen molar-refractivity contribution in [3.63, 3.8) is 0 Å². The number of hydrogen-bond acceptors (Lipinski definition) is 3. The van der Waals surface area contributed by atoms with Gasteiger partial charge in [0.2, 0.25) is 0 Å². The largest absolute Gasteiger partial charge is 0.297 e. The molecule has 0 aliphatic rings. The zero-order chi connectivity index (χ0) is 18.0. The van der Waals surface area contributed by atoms with Crippen LogP contribution in [0.25, 0.3) is 0 Å². The molecule has 2 aromatic carbocycles. The second kappa shape index (κ2) is 7.08. The highest BCUT2D eigenvalue weighted by molar-refractivity contribution is 7.86. The molecular weight excluding hydrogens is 320 g/mol. The summed E-state index contributed by atoms with van der Waals surface area (Å²) in [6.07, 6.45) is 0.697. The first-order chi connectivity index (χ1) is 11.1. The molecule has 0 amide bonds. The van der Waals surface area contributed by atoms with E-state index < -0.39 is 10.1 Å². The predicted octanol–water partition coefficient (Wildman–Crippen LogP) is 4.65. The summed E-state index contributed by atoms with van der Waals surface area (Å²) in [6, 6.07) is 13.8. The Morgan fingerprint density at radius 2 is 1.50 bits per heavy atom. The van der Waals surface area contributed by atoms with Crippen LogP contribution in [0.1, 0.15) is 43.0 Å². The molecule has 0 aliphatic carbocycles. The number of rotatable bonds is 5.